The molecule has 112 valence electrons. The standard InChI is InChI=1S/C12H13BrN4O3S/c1-17-12(18)11(13)10(7-16-17)15-6-8-3-2-4-9(5-8)21(14,19)20/h2-5,7,15H,6H2,1H3,(H2,14,19,20). The van der Waals surface area contributed by atoms with Crippen molar-refractivity contribution >= 4 is 31.6 Å². The highest BCUT2D eigenvalue weighted by Crippen LogP contribution is 2.17. The van der Waals surface area contributed by atoms with Crippen LogP contribution in [0.5, 0.6) is 0 Å². The van der Waals surface area contributed by atoms with Gasteiger partial charge in [-0.1, -0.05) is 12.1 Å². The zero-order chi connectivity index (χ0) is 15.6. The van der Waals surface area contributed by atoms with Crippen LogP contribution in [0.2, 0.25) is 0 Å². The van der Waals surface area contributed by atoms with Gasteiger partial charge in [0.05, 0.1) is 16.8 Å². The Labute approximate surface area is 130 Å². The van der Waals surface area contributed by atoms with Gasteiger partial charge in [-0.3, -0.25) is 4.79 Å². The van der Waals surface area contributed by atoms with Crippen LogP contribution in [0.1, 0.15) is 5.56 Å². The van der Waals surface area contributed by atoms with Gasteiger partial charge in [0.2, 0.25) is 10.0 Å². The molecule has 0 radical (unpaired) electrons. The molecule has 0 saturated heterocycles. The van der Waals surface area contributed by atoms with E-state index < -0.39 is 10.0 Å². The average molecular weight is 373 g/mol. The van der Waals surface area contributed by atoms with Gasteiger partial charge in [-0.25, -0.2) is 18.2 Å². The molecule has 0 fully saturated rings. The molecule has 1 heterocycles. The zero-order valence-corrected chi connectivity index (χ0v) is 13.5. The maximum Gasteiger partial charge on any atom is 0.282 e. The van der Waals surface area contributed by atoms with Crippen LogP contribution in [0, 0.1) is 0 Å². The van der Waals surface area contributed by atoms with Crippen molar-refractivity contribution < 1.29 is 8.42 Å². The first-order chi connectivity index (χ1) is 9.79. The number of benzene rings is 1. The van der Waals surface area contributed by atoms with Crippen molar-refractivity contribution in [3.63, 3.8) is 0 Å². The number of nitrogens with zero attached hydrogens (tertiary/aromatic N) is 2. The van der Waals surface area contributed by atoms with Crippen LogP contribution in [-0.4, -0.2) is 18.2 Å². The number of primary sulfonamides is 1. The number of anilines is 1. The summed E-state index contributed by atoms with van der Waals surface area (Å²) in [5.74, 6) is 0. The fourth-order valence-corrected chi connectivity index (χ4v) is 2.75. The number of aryl methyl sites for hydroxylation is 1. The summed E-state index contributed by atoms with van der Waals surface area (Å²) in [5.41, 5.74) is 0.978. The SMILES string of the molecule is Cn1ncc(NCc2cccc(S(N)(=O)=O)c2)c(Br)c1=O. The van der Waals surface area contributed by atoms with Gasteiger partial charge in [-0.2, -0.15) is 5.10 Å². The number of nitrogens with one attached hydrogen (secondary N) is 1. The molecule has 0 bridgehead atoms. The van der Waals surface area contributed by atoms with Crippen molar-refractivity contribution in [2.24, 2.45) is 12.2 Å². The molecule has 1 aromatic carbocycles. The lowest BCUT2D eigenvalue weighted by Crippen LogP contribution is -2.21. The molecule has 3 N–H and O–H groups in total. The van der Waals surface area contributed by atoms with E-state index >= 15 is 0 Å². The first-order valence-corrected chi connectivity index (χ1v) is 8.20. The second-order valence-corrected chi connectivity index (χ2v) is 6.70. The van der Waals surface area contributed by atoms with E-state index in [9.17, 15) is 13.2 Å². The molecule has 0 atom stereocenters. The Morgan fingerprint density at radius 3 is 2.81 bits per heavy atom. The van der Waals surface area contributed by atoms with Gasteiger partial charge in [0.15, 0.2) is 0 Å². The van der Waals surface area contributed by atoms with E-state index in [4.69, 9.17) is 5.14 Å². The Morgan fingerprint density at radius 1 is 1.43 bits per heavy atom. The largest absolute Gasteiger partial charge is 0.379 e. The first kappa shape index (κ1) is 15.7. The van der Waals surface area contributed by atoms with Crippen molar-refractivity contribution in [2.75, 3.05) is 5.32 Å². The molecule has 0 saturated carbocycles. The molecule has 0 aliphatic rings. The molecular formula is C12H13BrN4O3S. The summed E-state index contributed by atoms with van der Waals surface area (Å²) in [5, 5.41) is 12.0. The molecule has 21 heavy (non-hydrogen) atoms. The van der Waals surface area contributed by atoms with E-state index in [1.807, 2.05) is 0 Å². The van der Waals surface area contributed by atoms with Gasteiger partial charge in [0.25, 0.3) is 5.56 Å². The van der Waals surface area contributed by atoms with Crippen LogP contribution in [0.3, 0.4) is 0 Å². The maximum atomic E-state index is 11.7. The lowest BCUT2D eigenvalue weighted by molar-refractivity contribution is 0.597. The number of halogens is 1. The molecular weight excluding hydrogens is 360 g/mol. The molecule has 9 heteroatoms. The van der Waals surface area contributed by atoms with Gasteiger partial charge < -0.3 is 5.32 Å². The topological polar surface area (TPSA) is 107 Å². The number of sulfonamides is 1. The molecule has 1 aromatic heterocycles. The van der Waals surface area contributed by atoms with Crippen LogP contribution in [-0.2, 0) is 23.6 Å². The Kier molecular flexibility index (Phi) is 4.45. The minimum absolute atomic E-state index is 0.0444. The minimum Gasteiger partial charge on any atom is -0.379 e. The molecule has 0 unspecified atom stereocenters. The summed E-state index contributed by atoms with van der Waals surface area (Å²) < 4.78 is 24.2. The first-order valence-electron chi connectivity index (χ1n) is 5.86. The van der Waals surface area contributed by atoms with Crippen LogP contribution in [0.4, 0.5) is 5.69 Å². The molecule has 0 amide bonds. The monoisotopic (exact) mass is 372 g/mol. The van der Waals surface area contributed by atoms with Gasteiger partial charge in [-0.15, -0.1) is 0 Å². The highest BCUT2D eigenvalue weighted by atomic mass is 79.9. The maximum absolute atomic E-state index is 11.7. The van der Waals surface area contributed by atoms with Crippen molar-refractivity contribution in [3.05, 3.63) is 50.9 Å². The van der Waals surface area contributed by atoms with Gasteiger partial charge in [0, 0.05) is 13.6 Å². The molecule has 2 aromatic rings. The number of rotatable bonds is 4. The van der Waals surface area contributed by atoms with Crippen molar-refractivity contribution in [3.8, 4) is 0 Å². The molecule has 0 aliphatic carbocycles. The van der Waals surface area contributed by atoms with E-state index in [0.717, 1.165) is 0 Å². The predicted octanol–water partition coefficient (Wildman–Crippen LogP) is 0.802. The number of aromatic nitrogens is 2. The quantitative estimate of drug-likeness (QED) is 0.825. The molecule has 0 spiro atoms. The van der Waals surface area contributed by atoms with Crippen LogP contribution < -0.4 is 16.0 Å². The third-order valence-electron chi connectivity index (χ3n) is 2.79. The summed E-state index contributed by atoms with van der Waals surface area (Å²) in [7, 11) is -2.18. The lowest BCUT2D eigenvalue weighted by Gasteiger charge is -2.09. The van der Waals surface area contributed by atoms with E-state index in [1.54, 1.807) is 19.2 Å². The Balaban J connectivity index is 2.22. The van der Waals surface area contributed by atoms with Crippen LogP contribution in [0.15, 0.2) is 44.6 Å². The number of hydrogen-bond donors (Lipinski definition) is 2. The third-order valence-corrected chi connectivity index (χ3v) is 4.47. The lowest BCUT2D eigenvalue weighted by atomic mass is 10.2. The Morgan fingerprint density at radius 2 is 2.14 bits per heavy atom. The highest BCUT2D eigenvalue weighted by Gasteiger charge is 2.09. The van der Waals surface area contributed by atoms with E-state index in [2.05, 4.69) is 26.3 Å². The summed E-state index contributed by atoms with van der Waals surface area (Å²) in [6.07, 6.45) is 1.51. The second kappa shape index (κ2) is 5.96. The highest BCUT2D eigenvalue weighted by molar-refractivity contribution is 9.10. The summed E-state index contributed by atoms with van der Waals surface area (Å²) >= 11 is 3.20. The normalized spacial score (nSPS) is 11.4. The Hall–Kier alpha value is -1.71. The molecule has 7 nitrogen and oxygen atoms in total. The number of nitrogens with two attached hydrogens (primary N) is 1. The second-order valence-electron chi connectivity index (χ2n) is 4.35. The van der Waals surface area contributed by atoms with E-state index in [1.165, 1.54) is 23.0 Å². The average Bonchev–Trinajstić information content (AvgIpc) is 2.43. The summed E-state index contributed by atoms with van der Waals surface area (Å²) in [6.45, 7) is 0.330. The molecule has 2 rings (SSSR count). The summed E-state index contributed by atoms with van der Waals surface area (Å²) in [6, 6.07) is 6.26. The van der Waals surface area contributed by atoms with Crippen LogP contribution >= 0.6 is 15.9 Å². The fourth-order valence-electron chi connectivity index (χ4n) is 1.66. The summed E-state index contributed by atoms with van der Waals surface area (Å²) in [4.78, 5) is 11.7. The van der Waals surface area contributed by atoms with E-state index in [-0.39, 0.29) is 10.5 Å². The smallest absolute Gasteiger partial charge is 0.282 e. The number of hydrogen-bond acceptors (Lipinski definition) is 5. The minimum atomic E-state index is -3.73. The Bertz CT molecular complexity index is 833. The van der Waals surface area contributed by atoms with Gasteiger partial charge >= 0.3 is 0 Å². The van der Waals surface area contributed by atoms with Crippen molar-refractivity contribution in [1.82, 2.24) is 9.78 Å². The van der Waals surface area contributed by atoms with Crippen molar-refractivity contribution in [2.45, 2.75) is 11.4 Å². The zero-order valence-electron chi connectivity index (χ0n) is 11.1. The van der Waals surface area contributed by atoms with Crippen molar-refractivity contribution in [1.29, 1.82) is 0 Å². The fraction of sp³-hybridized carbons (Fsp3) is 0.167. The van der Waals surface area contributed by atoms with Gasteiger partial charge in [-0.05, 0) is 33.6 Å². The third kappa shape index (κ3) is 3.69. The molecule has 0 aliphatic heterocycles. The predicted molar refractivity (Wildman–Crippen MR) is 82.3 cm³/mol. The van der Waals surface area contributed by atoms with Gasteiger partial charge in [0.1, 0.15) is 4.47 Å². The van der Waals surface area contributed by atoms with E-state index in [0.29, 0.717) is 22.3 Å². The van der Waals surface area contributed by atoms with Crippen LogP contribution in [0.25, 0.3) is 0 Å².